The van der Waals surface area contributed by atoms with E-state index >= 15 is 0 Å². The van der Waals surface area contributed by atoms with E-state index in [4.69, 9.17) is 5.11 Å². The first-order valence-corrected chi connectivity index (χ1v) is 4.67. The lowest BCUT2D eigenvalue weighted by Gasteiger charge is -2.22. The molecule has 0 saturated carbocycles. The summed E-state index contributed by atoms with van der Waals surface area (Å²) in [7, 11) is 0. The summed E-state index contributed by atoms with van der Waals surface area (Å²) >= 11 is 0. The lowest BCUT2D eigenvalue weighted by atomic mass is 10.3. The van der Waals surface area contributed by atoms with Crippen molar-refractivity contribution in [3.05, 3.63) is 36.7 Å². The van der Waals surface area contributed by atoms with Gasteiger partial charge in [0.05, 0.1) is 6.61 Å². The topological polar surface area (TPSA) is 36.4 Å². The van der Waals surface area contributed by atoms with E-state index in [0.29, 0.717) is 6.54 Å². The van der Waals surface area contributed by atoms with Gasteiger partial charge in [-0.2, -0.15) is 0 Å². The summed E-state index contributed by atoms with van der Waals surface area (Å²) in [6.07, 6.45) is 3.60. The summed E-state index contributed by atoms with van der Waals surface area (Å²) in [5.74, 6) is 0. The smallest absolute Gasteiger partial charge is 0.0606 e. The minimum absolute atomic E-state index is 0.148. The fourth-order valence-corrected chi connectivity index (χ4v) is 1.33. The van der Waals surface area contributed by atoms with Crippen LogP contribution in [0.25, 0.3) is 0 Å². The Morgan fingerprint density at radius 1 is 1.64 bits per heavy atom. The third-order valence-electron chi connectivity index (χ3n) is 1.96. The molecular weight excluding hydrogens is 176 g/mol. The molecule has 0 radical (unpaired) electrons. The number of aromatic nitrogens is 1. The number of pyridine rings is 1. The predicted octanol–water partition coefficient (Wildman–Crippen LogP) is 1.37. The van der Waals surface area contributed by atoms with Crippen molar-refractivity contribution in [3.8, 4) is 0 Å². The molecule has 14 heavy (non-hydrogen) atoms. The Kier molecular flexibility index (Phi) is 4.13. The molecule has 0 aliphatic rings. The maximum absolute atomic E-state index is 8.90. The number of hydrogen-bond donors (Lipinski definition) is 1. The summed E-state index contributed by atoms with van der Waals surface area (Å²) < 4.78 is 0. The molecule has 3 heteroatoms. The van der Waals surface area contributed by atoms with E-state index in [-0.39, 0.29) is 6.61 Å². The summed E-state index contributed by atoms with van der Waals surface area (Å²) in [4.78, 5) is 6.18. The van der Waals surface area contributed by atoms with Crippen molar-refractivity contribution in [2.24, 2.45) is 0 Å². The van der Waals surface area contributed by atoms with Crippen LogP contribution >= 0.6 is 0 Å². The summed E-state index contributed by atoms with van der Waals surface area (Å²) in [5.41, 5.74) is 2.06. The van der Waals surface area contributed by atoms with Gasteiger partial charge in [0.15, 0.2) is 0 Å². The van der Waals surface area contributed by atoms with Crippen LogP contribution in [-0.4, -0.2) is 29.8 Å². The number of aliphatic hydroxyl groups excluding tert-OH is 1. The number of rotatable bonds is 5. The number of hydrogen-bond acceptors (Lipinski definition) is 3. The van der Waals surface area contributed by atoms with Crippen molar-refractivity contribution in [1.29, 1.82) is 0 Å². The third-order valence-corrected chi connectivity index (χ3v) is 1.96. The van der Waals surface area contributed by atoms with Gasteiger partial charge in [0, 0.05) is 30.7 Å². The molecule has 0 aliphatic heterocycles. The van der Waals surface area contributed by atoms with Crippen molar-refractivity contribution in [2.75, 3.05) is 24.6 Å². The molecule has 0 aliphatic carbocycles. The van der Waals surface area contributed by atoms with Crippen LogP contribution in [0, 0.1) is 6.92 Å². The van der Waals surface area contributed by atoms with Crippen molar-refractivity contribution in [3.63, 3.8) is 0 Å². The lowest BCUT2D eigenvalue weighted by molar-refractivity contribution is 0.303. The molecule has 1 rings (SSSR count). The molecule has 0 amide bonds. The van der Waals surface area contributed by atoms with E-state index in [2.05, 4.69) is 16.5 Å². The van der Waals surface area contributed by atoms with Crippen LogP contribution in [0.4, 0.5) is 5.69 Å². The fraction of sp³-hybridized carbons (Fsp3) is 0.364. The first-order chi connectivity index (χ1) is 6.77. The first-order valence-electron chi connectivity index (χ1n) is 4.67. The van der Waals surface area contributed by atoms with Crippen LogP contribution in [0.15, 0.2) is 31.0 Å². The van der Waals surface area contributed by atoms with Gasteiger partial charge in [-0.25, -0.2) is 0 Å². The Labute approximate surface area is 84.7 Å². The normalized spacial score (nSPS) is 9.86. The van der Waals surface area contributed by atoms with Crippen LogP contribution < -0.4 is 4.90 Å². The summed E-state index contributed by atoms with van der Waals surface area (Å²) in [5, 5.41) is 8.90. The molecule has 76 valence electrons. The van der Waals surface area contributed by atoms with Gasteiger partial charge >= 0.3 is 0 Å². The number of nitrogens with zero attached hydrogens (tertiary/aromatic N) is 2. The van der Waals surface area contributed by atoms with E-state index in [1.807, 2.05) is 25.1 Å². The largest absolute Gasteiger partial charge is 0.395 e. The molecule has 0 spiro atoms. The van der Waals surface area contributed by atoms with Gasteiger partial charge in [0.2, 0.25) is 0 Å². The van der Waals surface area contributed by atoms with E-state index in [0.717, 1.165) is 17.9 Å². The molecule has 0 unspecified atom stereocenters. The van der Waals surface area contributed by atoms with Gasteiger partial charge < -0.3 is 10.0 Å². The van der Waals surface area contributed by atoms with Gasteiger partial charge in [-0.05, 0) is 19.1 Å². The second-order valence-electron chi connectivity index (χ2n) is 3.11. The highest BCUT2D eigenvalue weighted by molar-refractivity contribution is 5.46. The Bertz CT molecular complexity index is 299. The molecule has 3 nitrogen and oxygen atoms in total. The highest BCUT2D eigenvalue weighted by Crippen LogP contribution is 2.13. The van der Waals surface area contributed by atoms with Crippen LogP contribution in [0.5, 0.6) is 0 Å². The van der Waals surface area contributed by atoms with Crippen molar-refractivity contribution in [1.82, 2.24) is 4.98 Å². The zero-order valence-corrected chi connectivity index (χ0v) is 8.48. The summed E-state index contributed by atoms with van der Waals surface area (Å²) in [6.45, 7) is 7.15. The molecule has 0 fully saturated rings. The summed E-state index contributed by atoms with van der Waals surface area (Å²) in [6, 6.07) is 3.94. The van der Waals surface area contributed by atoms with E-state index in [1.165, 1.54) is 0 Å². The maximum Gasteiger partial charge on any atom is 0.0606 e. The van der Waals surface area contributed by atoms with Crippen LogP contribution in [-0.2, 0) is 0 Å². The Morgan fingerprint density at radius 3 is 3.00 bits per heavy atom. The Morgan fingerprint density at radius 2 is 2.43 bits per heavy atom. The molecule has 0 atom stereocenters. The second-order valence-corrected chi connectivity index (χ2v) is 3.11. The minimum atomic E-state index is 0.148. The van der Waals surface area contributed by atoms with E-state index in [9.17, 15) is 0 Å². The Balaban J connectivity index is 2.80. The molecule has 1 heterocycles. The average Bonchev–Trinajstić information content (AvgIpc) is 2.17. The highest BCUT2D eigenvalue weighted by atomic mass is 16.3. The standard InChI is InChI=1S/C11H16N2O/c1-3-6-13(7-8-14)11-4-5-12-10(2)9-11/h3-5,9,14H,1,6-8H2,2H3. The van der Waals surface area contributed by atoms with Crippen molar-refractivity contribution in [2.45, 2.75) is 6.92 Å². The molecule has 0 saturated heterocycles. The zero-order valence-electron chi connectivity index (χ0n) is 8.48. The second kappa shape index (κ2) is 5.40. The van der Waals surface area contributed by atoms with Crippen LogP contribution in [0.3, 0.4) is 0 Å². The van der Waals surface area contributed by atoms with Gasteiger partial charge in [0.25, 0.3) is 0 Å². The van der Waals surface area contributed by atoms with Gasteiger partial charge in [-0.3, -0.25) is 4.98 Å². The lowest BCUT2D eigenvalue weighted by Crippen LogP contribution is -2.26. The number of aryl methyl sites for hydroxylation is 1. The molecule has 1 aromatic rings. The quantitative estimate of drug-likeness (QED) is 0.716. The van der Waals surface area contributed by atoms with Gasteiger partial charge in [0.1, 0.15) is 0 Å². The first kappa shape index (κ1) is 10.7. The Hall–Kier alpha value is -1.35. The fourth-order valence-electron chi connectivity index (χ4n) is 1.33. The molecule has 0 bridgehead atoms. The molecular formula is C11H16N2O. The molecule has 1 aromatic heterocycles. The highest BCUT2D eigenvalue weighted by Gasteiger charge is 2.03. The van der Waals surface area contributed by atoms with Crippen molar-refractivity contribution >= 4 is 5.69 Å². The number of anilines is 1. The van der Waals surface area contributed by atoms with E-state index < -0.39 is 0 Å². The monoisotopic (exact) mass is 192 g/mol. The number of aliphatic hydroxyl groups is 1. The molecule has 0 aromatic carbocycles. The SMILES string of the molecule is C=CCN(CCO)c1ccnc(C)c1. The van der Waals surface area contributed by atoms with Crippen molar-refractivity contribution < 1.29 is 5.11 Å². The van der Waals surface area contributed by atoms with Crippen LogP contribution in [0.1, 0.15) is 5.69 Å². The predicted molar refractivity (Wildman–Crippen MR) is 58.5 cm³/mol. The van der Waals surface area contributed by atoms with E-state index in [1.54, 1.807) is 6.20 Å². The van der Waals surface area contributed by atoms with Gasteiger partial charge in [-0.1, -0.05) is 6.08 Å². The van der Waals surface area contributed by atoms with Gasteiger partial charge in [-0.15, -0.1) is 6.58 Å². The minimum Gasteiger partial charge on any atom is -0.395 e. The maximum atomic E-state index is 8.90. The molecule has 1 N–H and O–H groups in total. The zero-order chi connectivity index (χ0) is 10.4. The van der Waals surface area contributed by atoms with Crippen LogP contribution in [0.2, 0.25) is 0 Å². The average molecular weight is 192 g/mol. The third kappa shape index (κ3) is 2.85.